The maximum Gasteiger partial charge on any atom is 0.127 e. The molecule has 0 aromatic heterocycles. The van der Waals surface area contributed by atoms with Gasteiger partial charge in [-0.3, -0.25) is 0 Å². The first-order valence-corrected chi connectivity index (χ1v) is 8.20. The average Bonchev–Trinajstić information content (AvgIpc) is 2.76. The van der Waals surface area contributed by atoms with Crippen LogP contribution in [0.3, 0.4) is 0 Å². The van der Waals surface area contributed by atoms with Gasteiger partial charge in [0.15, 0.2) is 0 Å². The number of nitrogens with zero attached hydrogens (tertiary/aromatic N) is 1. The molecule has 0 N–H and O–H groups in total. The predicted octanol–water partition coefficient (Wildman–Crippen LogP) is 3.85. The monoisotopic (exact) mass is 297 g/mol. The lowest BCUT2D eigenvalue weighted by molar-refractivity contribution is 0.0671. The maximum absolute atomic E-state index is 6.42. The molecule has 2 aromatic carbocycles. The Bertz CT molecular complexity index is 670. The molecule has 2 aromatic rings. The third-order valence-corrected chi connectivity index (χ3v) is 5.41. The van der Waals surface area contributed by atoms with Crippen molar-refractivity contribution in [2.75, 3.05) is 14.2 Å². The van der Waals surface area contributed by atoms with Crippen LogP contribution in [0.4, 0.5) is 0 Å². The van der Waals surface area contributed by atoms with Crippen molar-refractivity contribution in [3.63, 3.8) is 0 Å². The highest BCUT2D eigenvalue weighted by atomic mass is 16.5. The molecular weight excluding hydrogens is 274 g/mol. The lowest BCUT2D eigenvalue weighted by atomic mass is 10.00. The van der Waals surface area contributed by atoms with Gasteiger partial charge in [0, 0.05) is 22.9 Å². The third kappa shape index (κ3) is 2.24. The third-order valence-electron chi connectivity index (χ3n) is 5.41. The molecule has 4 rings (SSSR count). The second-order valence-electron chi connectivity index (χ2n) is 6.57. The fourth-order valence-electron chi connectivity index (χ4n) is 4.16. The molecule has 2 fully saturated rings. The molecule has 0 radical (unpaired) electrons. The van der Waals surface area contributed by atoms with Crippen LogP contribution < -0.4 is 9.47 Å². The molecule has 0 aliphatic carbocycles. The smallest absolute Gasteiger partial charge is 0.127 e. The fraction of sp³-hybridized carbons (Fsp3) is 0.474. The van der Waals surface area contributed by atoms with Crippen LogP contribution in [-0.2, 0) is 0 Å². The first kappa shape index (κ1) is 13.9. The number of piperidine rings is 1. The van der Waals surface area contributed by atoms with Crippen molar-refractivity contribution in [3.8, 4) is 11.5 Å². The summed E-state index contributed by atoms with van der Waals surface area (Å²) in [4.78, 5) is 2.55. The number of benzene rings is 2. The largest absolute Gasteiger partial charge is 0.496 e. The highest BCUT2D eigenvalue weighted by Gasteiger charge is 2.39. The molecule has 0 saturated carbocycles. The summed E-state index contributed by atoms with van der Waals surface area (Å²) in [5.74, 6) is 1.90. The van der Waals surface area contributed by atoms with Gasteiger partial charge in [0.1, 0.15) is 17.6 Å². The highest BCUT2D eigenvalue weighted by molar-refractivity contribution is 5.93. The Morgan fingerprint density at radius 2 is 1.50 bits per heavy atom. The summed E-state index contributed by atoms with van der Waals surface area (Å²) in [6.45, 7) is 0. The quantitative estimate of drug-likeness (QED) is 0.859. The summed E-state index contributed by atoms with van der Waals surface area (Å²) in [6, 6.07) is 13.8. The Morgan fingerprint density at radius 1 is 0.909 bits per heavy atom. The van der Waals surface area contributed by atoms with Crippen LogP contribution in [0.1, 0.15) is 25.7 Å². The van der Waals surface area contributed by atoms with Gasteiger partial charge in [0.25, 0.3) is 0 Å². The van der Waals surface area contributed by atoms with Gasteiger partial charge in [-0.1, -0.05) is 24.3 Å². The Balaban J connectivity index is 1.63. The van der Waals surface area contributed by atoms with Gasteiger partial charge in [-0.2, -0.15) is 0 Å². The number of fused-ring (bicyclic) bond motifs is 3. The highest BCUT2D eigenvalue weighted by Crippen LogP contribution is 2.38. The Morgan fingerprint density at radius 3 is 2.14 bits per heavy atom. The van der Waals surface area contributed by atoms with E-state index >= 15 is 0 Å². The molecule has 116 valence electrons. The van der Waals surface area contributed by atoms with Crippen LogP contribution >= 0.6 is 0 Å². The second-order valence-corrected chi connectivity index (χ2v) is 6.57. The van der Waals surface area contributed by atoms with Crippen molar-refractivity contribution in [1.29, 1.82) is 0 Å². The zero-order valence-corrected chi connectivity index (χ0v) is 13.3. The lowest BCUT2D eigenvalue weighted by Gasteiger charge is -2.36. The van der Waals surface area contributed by atoms with Crippen LogP contribution in [0.2, 0.25) is 0 Å². The van der Waals surface area contributed by atoms with Crippen LogP contribution in [0.25, 0.3) is 10.8 Å². The van der Waals surface area contributed by atoms with Crippen molar-refractivity contribution in [1.82, 2.24) is 4.90 Å². The fourth-order valence-corrected chi connectivity index (χ4v) is 4.16. The topological polar surface area (TPSA) is 21.7 Å². The van der Waals surface area contributed by atoms with Gasteiger partial charge in [-0.05, 0) is 44.9 Å². The molecule has 3 heteroatoms. The lowest BCUT2D eigenvalue weighted by Crippen LogP contribution is -2.43. The number of hydrogen-bond acceptors (Lipinski definition) is 3. The summed E-state index contributed by atoms with van der Waals surface area (Å²) in [7, 11) is 3.98. The predicted molar refractivity (Wildman–Crippen MR) is 88.7 cm³/mol. The average molecular weight is 297 g/mol. The molecule has 0 spiro atoms. The zero-order chi connectivity index (χ0) is 15.1. The molecule has 2 aliphatic rings. The SMILES string of the molecule is COc1ccc(O[C@@H]2C[C@H]3CC[C@@H](C2)N3C)c2ccccc12. The minimum absolute atomic E-state index is 0.338. The second kappa shape index (κ2) is 5.47. The molecule has 3 atom stereocenters. The normalized spacial score (nSPS) is 28.0. The molecular formula is C19H23NO2. The van der Waals surface area contributed by atoms with Crippen LogP contribution in [0, 0.1) is 0 Å². The summed E-state index contributed by atoms with van der Waals surface area (Å²) in [5, 5.41) is 2.27. The minimum Gasteiger partial charge on any atom is -0.496 e. The van der Waals surface area contributed by atoms with E-state index in [0.29, 0.717) is 18.2 Å². The molecule has 2 saturated heterocycles. The Kier molecular flexibility index (Phi) is 3.45. The van der Waals surface area contributed by atoms with E-state index in [0.717, 1.165) is 35.1 Å². The van der Waals surface area contributed by atoms with Gasteiger partial charge < -0.3 is 14.4 Å². The van der Waals surface area contributed by atoms with Gasteiger partial charge in [-0.15, -0.1) is 0 Å². The van der Waals surface area contributed by atoms with E-state index < -0.39 is 0 Å². The van der Waals surface area contributed by atoms with E-state index in [1.165, 1.54) is 12.8 Å². The van der Waals surface area contributed by atoms with Crippen LogP contribution in [-0.4, -0.2) is 37.2 Å². The maximum atomic E-state index is 6.42. The van der Waals surface area contributed by atoms with E-state index in [1.807, 2.05) is 12.1 Å². The first-order chi connectivity index (χ1) is 10.8. The van der Waals surface area contributed by atoms with Crippen molar-refractivity contribution >= 4 is 10.8 Å². The van der Waals surface area contributed by atoms with E-state index in [4.69, 9.17) is 9.47 Å². The zero-order valence-electron chi connectivity index (χ0n) is 13.3. The van der Waals surface area contributed by atoms with Gasteiger partial charge in [0.2, 0.25) is 0 Å². The molecule has 0 unspecified atom stereocenters. The number of methoxy groups -OCH3 is 1. The van der Waals surface area contributed by atoms with Crippen molar-refractivity contribution in [3.05, 3.63) is 36.4 Å². The summed E-state index contributed by atoms with van der Waals surface area (Å²) < 4.78 is 11.9. The molecule has 3 nitrogen and oxygen atoms in total. The van der Waals surface area contributed by atoms with E-state index in [1.54, 1.807) is 7.11 Å². The van der Waals surface area contributed by atoms with Crippen molar-refractivity contribution in [2.45, 2.75) is 43.9 Å². The van der Waals surface area contributed by atoms with Gasteiger partial charge in [-0.25, -0.2) is 0 Å². The van der Waals surface area contributed by atoms with Gasteiger partial charge in [0.05, 0.1) is 7.11 Å². The van der Waals surface area contributed by atoms with E-state index in [9.17, 15) is 0 Å². The molecule has 2 aliphatic heterocycles. The number of hydrogen-bond donors (Lipinski definition) is 0. The van der Waals surface area contributed by atoms with Gasteiger partial charge >= 0.3 is 0 Å². The van der Waals surface area contributed by atoms with E-state index in [2.05, 4.69) is 36.2 Å². The standard InChI is InChI=1S/C19H23NO2/c1-20-13-7-8-14(20)12-15(11-13)22-19-10-9-18(21-2)16-5-3-4-6-17(16)19/h3-6,9-10,13-15H,7-8,11-12H2,1-2H3/t13-,14+,15-. The number of rotatable bonds is 3. The first-order valence-electron chi connectivity index (χ1n) is 8.20. The Hall–Kier alpha value is -1.74. The molecule has 0 amide bonds. The molecule has 22 heavy (non-hydrogen) atoms. The summed E-state index contributed by atoms with van der Waals surface area (Å²) >= 11 is 0. The Labute approximate surface area is 131 Å². The summed E-state index contributed by atoms with van der Waals surface area (Å²) in [6.07, 6.45) is 5.28. The summed E-state index contributed by atoms with van der Waals surface area (Å²) in [5.41, 5.74) is 0. The van der Waals surface area contributed by atoms with Crippen molar-refractivity contribution < 1.29 is 9.47 Å². The van der Waals surface area contributed by atoms with Crippen molar-refractivity contribution in [2.24, 2.45) is 0 Å². The van der Waals surface area contributed by atoms with Crippen LogP contribution in [0.15, 0.2) is 36.4 Å². The molecule has 2 bridgehead atoms. The molecule has 2 heterocycles. The minimum atomic E-state index is 0.338. The van der Waals surface area contributed by atoms with E-state index in [-0.39, 0.29) is 0 Å². The number of ether oxygens (including phenoxy) is 2. The van der Waals surface area contributed by atoms with Crippen LogP contribution in [0.5, 0.6) is 11.5 Å².